The van der Waals surface area contributed by atoms with Crippen LogP contribution in [0.4, 0.5) is 0 Å². The number of hydrogen-bond donors (Lipinski definition) is 2. The number of pyridine rings is 1. The van der Waals surface area contributed by atoms with Gasteiger partial charge in [-0.1, -0.05) is 18.2 Å². The van der Waals surface area contributed by atoms with Gasteiger partial charge in [0, 0.05) is 36.3 Å². The number of benzene rings is 1. The van der Waals surface area contributed by atoms with E-state index in [0.717, 1.165) is 5.39 Å². The van der Waals surface area contributed by atoms with Crippen LogP contribution in [0, 0.1) is 0 Å². The number of rotatable bonds is 3. The second kappa shape index (κ2) is 6.71. The summed E-state index contributed by atoms with van der Waals surface area (Å²) in [5.74, 6) is -1.17. The van der Waals surface area contributed by atoms with Crippen LogP contribution in [0.5, 0.6) is 0 Å². The van der Waals surface area contributed by atoms with Crippen LogP contribution in [0.3, 0.4) is 0 Å². The number of carboxylic acids is 1. The van der Waals surface area contributed by atoms with Crippen molar-refractivity contribution in [2.75, 3.05) is 13.1 Å². The average molecular weight is 366 g/mol. The second-order valence-electron chi connectivity index (χ2n) is 6.63. The number of para-hydroxylation sites is 1. The Labute approximate surface area is 154 Å². The molecule has 1 aliphatic rings. The van der Waals surface area contributed by atoms with E-state index in [1.54, 1.807) is 15.6 Å². The minimum atomic E-state index is -1.00. The standard InChI is InChI=1S/C19H18N4O4/c24-17-9-15(14-3-1-2-4-16(14)21-17)18(25)22-7-5-13(6-8-22)23-11-12(10-20-23)19(26)27/h1-4,9-11,13H,5-8H2,(H,21,24)(H,26,27). The highest BCUT2D eigenvalue weighted by Crippen LogP contribution is 2.24. The number of H-pyrrole nitrogens is 1. The normalized spacial score (nSPS) is 15.2. The monoisotopic (exact) mass is 366 g/mol. The summed E-state index contributed by atoms with van der Waals surface area (Å²) in [5, 5.41) is 13.9. The molecule has 1 saturated heterocycles. The van der Waals surface area contributed by atoms with E-state index >= 15 is 0 Å². The van der Waals surface area contributed by atoms with Crippen molar-refractivity contribution in [1.29, 1.82) is 0 Å². The fourth-order valence-corrected chi connectivity index (χ4v) is 3.53. The highest BCUT2D eigenvalue weighted by Gasteiger charge is 2.26. The summed E-state index contributed by atoms with van der Waals surface area (Å²) in [6.07, 6.45) is 4.21. The molecular formula is C19H18N4O4. The third-order valence-electron chi connectivity index (χ3n) is 4.96. The molecule has 4 rings (SSSR count). The number of carboxylic acid groups (broad SMARTS) is 1. The van der Waals surface area contributed by atoms with Crippen LogP contribution in [0.1, 0.15) is 39.6 Å². The Balaban J connectivity index is 1.52. The minimum absolute atomic E-state index is 0.0538. The van der Waals surface area contributed by atoms with Gasteiger partial charge in [-0.2, -0.15) is 5.10 Å². The first-order chi connectivity index (χ1) is 13.0. The number of piperidine rings is 1. The zero-order chi connectivity index (χ0) is 19.0. The molecule has 0 saturated carbocycles. The van der Waals surface area contributed by atoms with Crippen LogP contribution in [0.2, 0.25) is 0 Å². The molecule has 1 amide bonds. The molecule has 138 valence electrons. The molecule has 8 heteroatoms. The molecule has 27 heavy (non-hydrogen) atoms. The van der Waals surface area contributed by atoms with Gasteiger partial charge in [-0.15, -0.1) is 0 Å². The number of hydrogen-bond acceptors (Lipinski definition) is 4. The summed E-state index contributed by atoms with van der Waals surface area (Å²) in [5.41, 5.74) is 0.897. The molecular weight excluding hydrogens is 348 g/mol. The van der Waals surface area contributed by atoms with E-state index in [-0.39, 0.29) is 23.1 Å². The Hall–Kier alpha value is -3.42. The second-order valence-corrected chi connectivity index (χ2v) is 6.63. The smallest absolute Gasteiger partial charge is 0.338 e. The Morgan fingerprint density at radius 3 is 2.63 bits per heavy atom. The molecule has 1 aliphatic heterocycles. The van der Waals surface area contributed by atoms with Gasteiger partial charge in [0.2, 0.25) is 5.56 Å². The first-order valence-corrected chi connectivity index (χ1v) is 8.72. The number of likely N-dealkylation sites (tertiary alicyclic amines) is 1. The van der Waals surface area contributed by atoms with Crippen LogP contribution in [-0.2, 0) is 0 Å². The van der Waals surface area contributed by atoms with Crippen molar-refractivity contribution < 1.29 is 14.7 Å². The summed E-state index contributed by atoms with van der Waals surface area (Å²) in [6.45, 7) is 1.04. The van der Waals surface area contributed by atoms with Crippen LogP contribution in [-0.4, -0.2) is 49.7 Å². The van der Waals surface area contributed by atoms with Gasteiger partial charge in [-0.25, -0.2) is 4.79 Å². The van der Waals surface area contributed by atoms with E-state index in [1.165, 1.54) is 18.5 Å². The van der Waals surface area contributed by atoms with Gasteiger partial charge in [-0.3, -0.25) is 14.3 Å². The maximum Gasteiger partial charge on any atom is 0.338 e. The van der Waals surface area contributed by atoms with E-state index in [2.05, 4.69) is 10.1 Å². The molecule has 3 aromatic rings. The summed E-state index contributed by atoms with van der Waals surface area (Å²) >= 11 is 0. The van der Waals surface area contributed by atoms with Gasteiger partial charge in [0.1, 0.15) is 0 Å². The van der Waals surface area contributed by atoms with Crippen molar-refractivity contribution in [3.05, 3.63) is 64.2 Å². The lowest BCUT2D eigenvalue weighted by Crippen LogP contribution is -2.39. The van der Waals surface area contributed by atoms with Gasteiger partial charge in [0.15, 0.2) is 0 Å². The van der Waals surface area contributed by atoms with Gasteiger partial charge in [0.25, 0.3) is 5.91 Å². The van der Waals surface area contributed by atoms with Crippen molar-refractivity contribution in [3.8, 4) is 0 Å². The largest absolute Gasteiger partial charge is 0.478 e. The lowest BCUT2D eigenvalue weighted by Gasteiger charge is -2.32. The third kappa shape index (κ3) is 3.21. The van der Waals surface area contributed by atoms with Gasteiger partial charge >= 0.3 is 5.97 Å². The van der Waals surface area contributed by atoms with E-state index in [9.17, 15) is 14.4 Å². The van der Waals surface area contributed by atoms with E-state index in [4.69, 9.17) is 5.11 Å². The predicted octanol–water partition coefficient (Wildman–Crippen LogP) is 1.90. The summed E-state index contributed by atoms with van der Waals surface area (Å²) in [4.78, 5) is 40.3. The number of carbonyl (C=O) groups excluding carboxylic acids is 1. The molecule has 1 fully saturated rings. The Morgan fingerprint density at radius 1 is 1.19 bits per heavy atom. The number of aromatic nitrogens is 3. The van der Waals surface area contributed by atoms with Crippen LogP contribution < -0.4 is 5.56 Å². The quantitative estimate of drug-likeness (QED) is 0.736. The maximum absolute atomic E-state index is 13.0. The van der Waals surface area contributed by atoms with Crippen LogP contribution in [0.25, 0.3) is 10.9 Å². The Kier molecular flexibility index (Phi) is 4.23. The van der Waals surface area contributed by atoms with Crippen molar-refractivity contribution in [2.45, 2.75) is 18.9 Å². The minimum Gasteiger partial charge on any atom is -0.478 e. The fraction of sp³-hybridized carbons (Fsp3) is 0.263. The number of amides is 1. The number of fused-ring (bicyclic) bond motifs is 1. The molecule has 0 aliphatic carbocycles. The SMILES string of the molecule is O=C(O)c1cnn(C2CCN(C(=O)c3cc(=O)[nH]c4ccccc34)CC2)c1. The van der Waals surface area contributed by atoms with Crippen molar-refractivity contribution in [3.63, 3.8) is 0 Å². The van der Waals surface area contributed by atoms with Crippen LogP contribution in [0.15, 0.2) is 47.5 Å². The first-order valence-electron chi connectivity index (χ1n) is 8.72. The summed E-state index contributed by atoms with van der Waals surface area (Å²) in [7, 11) is 0. The number of carbonyl (C=O) groups is 2. The zero-order valence-electron chi connectivity index (χ0n) is 14.5. The van der Waals surface area contributed by atoms with Crippen molar-refractivity contribution in [1.82, 2.24) is 19.7 Å². The molecule has 1 aromatic carbocycles. The zero-order valence-corrected chi connectivity index (χ0v) is 14.5. The predicted molar refractivity (Wildman–Crippen MR) is 97.9 cm³/mol. The van der Waals surface area contributed by atoms with E-state index in [1.807, 2.05) is 18.2 Å². The summed E-state index contributed by atoms with van der Waals surface area (Å²) < 4.78 is 1.66. The number of aromatic carboxylic acids is 1. The Bertz CT molecular complexity index is 1080. The molecule has 0 bridgehead atoms. The number of nitrogens with zero attached hydrogens (tertiary/aromatic N) is 3. The highest BCUT2D eigenvalue weighted by atomic mass is 16.4. The lowest BCUT2D eigenvalue weighted by molar-refractivity contribution is 0.0689. The molecule has 2 N–H and O–H groups in total. The van der Waals surface area contributed by atoms with E-state index in [0.29, 0.717) is 37.0 Å². The molecule has 0 spiro atoms. The van der Waals surface area contributed by atoms with Crippen molar-refractivity contribution >= 4 is 22.8 Å². The lowest BCUT2D eigenvalue weighted by atomic mass is 10.0. The van der Waals surface area contributed by atoms with Gasteiger partial charge in [-0.05, 0) is 18.9 Å². The maximum atomic E-state index is 13.0. The topological polar surface area (TPSA) is 108 Å². The van der Waals surface area contributed by atoms with Crippen LogP contribution >= 0.6 is 0 Å². The molecule has 0 unspecified atom stereocenters. The van der Waals surface area contributed by atoms with E-state index < -0.39 is 5.97 Å². The van der Waals surface area contributed by atoms with Gasteiger partial charge < -0.3 is 15.0 Å². The number of nitrogens with one attached hydrogen (secondary N) is 1. The van der Waals surface area contributed by atoms with Crippen molar-refractivity contribution in [2.24, 2.45) is 0 Å². The first kappa shape index (κ1) is 17.0. The van der Waals surface area contributed by atoms with Gasteiger partial charge in [0.05, 0.1) is 23.4 Å². The molecule has 0 atom stereocenters. The average Bonchev–Trinajstić information content (AvgIpc) is 3.17. The molecule has 0 radical (unpaired) electrons. The highest BCUT2D eigenvalue weighted by molar-refractivity contribution is 6.05. The fourth-order valence-electron chi connectivity index (χ4n) is 3.53. The molecule has 8 nitrogen and oxygen atoms in total. The Morgan fingerprint density at radius 2 is 1.93 bits per heavy atom. The number of aromatic amines is 1. The third-order valence-corrected chi connectivity index (χ3v) is 4.96. The molecule has 2 aromatic heterocycles. The summed E-state index contributed by atoms with van der Waals surface area (Å²) in [6, 6.07) is 8.65. The molecule has 3 heterocycles.